The van der Waals surface area contributed by atoms with E-state index >= 15 is 0 Å². The van der Waals surface area contributed by atoms with Crippen LogP contribution in [0.3, 0.4) is 0 Å². The molecule has 3 nitrogen and oxygen atoms in total. The summed E-state index contributed by atoms with van der Waals surface area (Å²) in [6.45, 7) is 10.1. The van der Waals surface area contributed by atoms with Crippen LogP contribution in [0.5, 0.6) is 0 Å². The van der Waals surface area contributed by atoms with Gasteiger partial charge in [0.25, 0.3) is 8.32 Å². The van der Waals surface area contributed by atoms with Gasteiger partial charge >= 0.3 is 0 Å². The Hall–Kier alpha value is -3.47. The smallest absolute Gasteiger partial charge is 0.261 e. The largest absolute Gasteiger partial charge is 0.406 e. The predicted octanol–water partition coefficient (Wildman–Crippen LogP) is 9.27. The molecule has 0 unspecified atom stereocenters. The molecule has 0 aliphatic rings. The summed E-state index contributed by atoms with van der Waals surface area (Å²) in [5.41, 5.74) is 2.68. The highest BCUT2D eigenvalue weighted by Crippen LogP contribution is 2.36. The number of carbonyl (C=O) groups is 1. The van der Waals surface area contributed by atoms with Crippen LogP contribution in [0.1, 0.15) is 90.2 Å². The van der Waals surface area contributed by atoms with Crippen molar-refractivity contribution in [3.8, 4) is 0 Å². The quantitative estimate of drug-likeness (QED) is 0.0764. The van der Waals surface area contributed by atoms with Gasteiger partial charge in [-0.3, -0.25) is 4.79 Å². The Balaban J connectivity index is 1.43. The molecular formula is C42H57NO2Si. The highest BCUT2D eigenvalue weighted by Gasteiger charge is 2.49. The van der Waals surface area contributed by atoms with Crippen molar-refractivity contribution in [3.63, 3.8) is 0 Å². The van der Waals surface area contributed by atoms with Gasteiger partial charge in [-0.05, 0) is 71.5 Å². The van der Waals surface area contributed by atoms with Crippen molar-refractivity contribution < 1.29 is 9.22 Å². The second-order valence-corrected chi connectivity index (χ2v) is 17.4. The Labute approximate surface area is 281 Å². The lowest BCUT2D eigenvalue weighted by molar-refractivity contribution is -0.121. The molecule has 3 rings (SSSR count). The van der Waals surface area contributed by atoms with Gasteiger partial charge in [-0.25, -0.2) is 0 Å². The average molecular weight is 636 g/mol. The molecule has 0 bridgehead atoms. The Morgan fingerprint density at radius 2 is 1.28 bits per heavy atom. The lowest BCUT2D eigenvalue weighted by Crippen LogP contribution is -2.67. The summed E-state index contributed by atoms with van der Waals surface area (Å²) < 4.78 is 6.91. The number of rotatable bonds is 20. The zero-order valence-electron chi connectivity index (χ0n) is 28.8. The number of unbranched alkanes of at least 4 members (excludes halogenated alkanes) is 3. The molecule has 0 heterocycles. The third-order valence-corrected chi connectivity index (χ3v) is 13.5. The van der Waals surface area contributed by atoms with E-state index in [-0.39, 0.29) is 10.9 Å². The number of allylic oxidation sites excluding steroid dienone is 6. The summed E-state index contributed by atoms with van der Waals surface area (Å²) in [5.74, 6) is 0.0889. The van der Waals surface area contributed by atoms with E-state index in [2.05, 4.69) is 154 Å². The van der Waals surface area contributed by atoms with Crippen LogP contribution in [-0.2, 0) is 22.1 Å². The lowest BCUT2D eigenvalue weighted by Gasteiger charge is -2.43. The van der Waals surface area contributed by atoms with E-state index in [1.54, 1.807) is 0 Å². The second kappa shape index (κ2) is 20.6. The molecular weight excluding hydrogens is 579 g/mol. The van der Waals surface area contributed by atoms with Gasteiger partial charge in [-0.15, -0.1) is 0 Å². The summed E-state index contributed by atoms with van der Waals surface area (Å²) in [4.78, 5) is 12.8. The molecule has 1 N–H and O–H groups in total. The first-order valence-corrected chi connectivity index (χ1v) is 19.3. The third-order valence-electron chi connectivity index (χ3n) is 8.48. The first kappa shape index (κ1) is 37.0. The van der Waals surface area contributed by atoms with Crippen molar-refractivity contribution in [2.45, 2.75) is 96.9 Å². The van der Waals surface area contributed by atoms with Crippen LogP contribution >= 0.6 is 0 Å². The van der Waals surface area contributed by atoms with Crippen LogP contribution in [0, 0.1) is 0 Å². The molecule has 4 heteroatoms. The van der Waals surface area contributed by atoms with E-state index in [0.29, 0.717) is 19.6 Å². The molecule has 0 saturated carbocycles. The topological polar surface area (TPSA) is 38.3 Å². The van der Waals surface area contributed by atoms with Crippen LogP contribution in [0.15, 0.2) is 121 Å². The van der Waals surface area contributed by atoms with Crippen molar-refractivity contribution in [1.29, 1.82) is 0 Å². The fraction of sp³-hybridized carbons (Fsp3) is 0.405. The summed E-state index contributed by atoms with van der Waals surface area (Å²) in [6, 6.07) is 29.9. The zero-order chi connectivity index (χ0) is 32.9. The molecule has 0 spiro atoms. The fourth-order valence-corrected chi connectivity index (χ4v) is 10.6. The fourth-order valence-electron chi connectivity index (χ4n) is 6.07. The number of hydrogen-bond donors (Lipinski definition) is 1. The van der Waals surface area contributed by atoms with Crippen LogP contribution in [0.25, 0.3) is 0 Å². The Morgan fingerprint density at radius 1 is 0.717 bits per heavy atom. The van der Waals surface area contributed by atoms with Gasteiger partial charge in [-0.1, -0.05) is 162 Å². The Morgan fingerprint density at radius 3 is 1.89 bits per heavy atom. The summed E-state index contributed by atoms with van der Waals surface area (Å²) >= 11 is 0. The van der Waals surface area contributed by atoms with Gasteiger partial charge in [0.05, 0.1) is 6.61 Å². The van der Waals surface area contributed by atoms with Gasteiger partial charge in [0.15, 0.2) is 0 Å². The maximum Gasteiger partial charge on any atom is 0.261 e. The van der Waals surface area contributed by atoms with Crippen LogP contribution in [-0.4, -0.2) is 27.4 Å². The van der Waals surface area contributed by atoms with Crippen molar-refractivity contribution in [1.82, 2.24) is 5.32 Å². The first-order chi connectivity index (χ1) is 22.4. The second-order valence-electron chi connectivity index (χ2n) is 13.1. The Bertz CT molecular complexity index is 1320. The summed E-state index contributed by atoms with van der Waals surface area (Å²) in [6.07, 6.45) is 23.9. The first-order valence-electron chi connectivity index (χ1n) is 17.4. The normalized spacial score (nSPS) is 12.4. The van der Waals surface area contributed by atoms with Crippen molar-refractivity contribution in [3.05, 3.63) is 133 Å². The number of benzene rings is 3. The van der Waals surface area contributed by atoms with E-state index < -0.39 is 8.32 Å². The van der Waals surface area contributed by atoms with E-state index in [9.17, 15) is 4.79 Å². The molecule has 0 atom stereocenters. The standard InChI is InChI=1S/C42H57NO2Si/c1-5-6-7-8-9-10-11-12-13-14-15-18-26-37-27-23-24-28-38(37)29-25-34-41(44)43-35-36-45-46(42(2,3)4,39-30-19-16-20-31-39)40-32-21-17-22-33-40/h9-10,12-13,15-24,27-28,30-33H,5-8,11,14,25-26,29,34-36H2,1-4H3,(H,43,44)/b10-9-,13-12-,18-15-. The van der Waals surface area contributed by atoms with Gasteiger partial charge in [0.2, 0.25) is 5.91 Å². The number of aryl methyl sites for hydroxylation is 1. The van der Waals surface area contributed by atoms with Crippen LogP contribution in [0.4, 0.5) is 0 Å². The third kappa shape index (κ3) is 12.0. The molecule has 46 heavy (non-hydrogen) atoms. The molecule has 246 valence electrons. The van der Waals surface area contributed by atoms with E-state index in [1.165, 1.54) is 47.2 Å². The van der Waals surface area contributed by atoms with E-state index in [1.807, 2.05) is 0 Å². The van der Waals surface area contributed by atoms with Gasteiger partial charge in [0.1, 0.15) is 0 Å². The zero-order valence-corrected chi connectivity index (χ0v) is 29.8. The lowest BCUT2D eigenvalue weighted by atomic mass is 9.99. The van der Waals surface area contributed by atoms with Gasteiger partial charge < -0.3 is 9.74 Å². The van der Waals surface area contributed by atoms with Crippen molar-refractivity contribution >= 4 is 24.6 Å². The summed E-state index contributed by atoms with van der Waals surface area (Å²) in [5, 5.41) is 5.56. The number of hydrogen-bond acceptors (Lipinski definition) is 2. The Kier molecular flexibility index (Phi) is 16.6. The monoisotopic (exact) mass is 635 g/mol. The van der Waals surface area contributed by atoms with Gasteiger partial charge in [-0.2, -0.15) is 0 Å². The maximum absolute atomic E-state index is 12.8. The molecule has 0 saturated heterocycles. The number of nitrogens with one attached hydrogen (secondary N) is 1. The van der Waals surface area contributed by atoms with Crippen molar-refractivity contribution in [2.24, 2.45) is 0 Å². The molecule has 0 fully saturated rings. The van der Waals surface area contributed by atoms with Crippen LogP contribution in [0.2, 0.25) is 5.04 Å². The number of carbonyl (C=O) groups excluding carboxylic acids is 1. The average Bonchev–Trinajstić information content (AvgIpc) is 3.06. The highest BCUT2D eigenvalue weighted by molar-refractivity contribution is 6.99. The van der Waals surface area contributed by atoms with E-state index in [0.717, 1.165) is 32.1 Å². The summed E-state index contributed by atoms with van der Waals surface area (Å²) in [7, 11) is -2.59. The molecule has 0 aliphatic heterocycles. The molecule has 0 radical (unpaired) electrons. The molecule has 0 aliphatic carbocycles. The molecule has 1 amide bonds. The predicted molar refractivity (Wildman–Crippen MR) is 200 cm³/mol. The molecule has 0 aromatic heterocycles. The molecule has 3 aromatic rings. The minimum absolute atomic E-state index is 0.0795. The van der Waals surface area contributed by atoms with Gasteiger partial charge in [0, 0.05) is 13.0 Å². The maximum atomic E-state index is 12.8. The minimum Gasteiger partial charge on any atom is -0.406 e. The van der Waals surface area contributed by atoms with Crippen LogP contribution < -0.4 is 15.7 Å². The van der Waals surface area contributed by atoms with Crippen molar-refractivity contribution in [2.75, 3.05) is 13.2 Å². The van der Waals surface area contributed by atoms with E-state index in [4.69, 9.17) is 4.43 Å². The number of amides is 1. The molecule has 3 aromatic carbocycles. The SMILES string of the molecule is CCCCC/C=C\C/C=C\C/C=C\Cc1ccccc1CCCC(=O)NCCO[Si](c1ccccc1)(c1ccccc1)C(C)(C)C. The minimum atomic E-state index is -2.59. The highest BCUT2D eigenvalue weighted by atomic mass is 28.4.